The molecule has 1 fully saturated rings. The van der Waals surface area contributed by atoms with Crippen LogP contribution in [0.1, 0.15) is 19.3 Å². The van der Waals surface area contributed by atoms with E-state index in [2.05, 4.69) is 5.32 Å². The molecular formula is C21H29N3O6S. The zero-order valence-corrected chi connectivity index (χ0v) is 18.1. The van der Waals surface area contributed by atoms with Gasteiger partial charge in [-0.25, -0.2) is 0 Å². The van der Waals surface area contributed by atoms with Gasteiger partial charge in [0.2, 0.25) is 5.91 Å². The van der Waals surface area contributed by atoms with Crippen molar-refractivity contribution < 1.29 is 29.3 Å². The summed E-state index contributed by atoms with van der Waals surface area (Å²) < 4.78 is 5.73. The zero-order valence-electron chi connectivity index (χ0n) is 17.2. The zero-order chi connectivity index (χ0) is 22.4. The molecule has 1 aromatic rings. The number of rotatable bonds is 9. The minimum absolute atomic E-state index is 0.199. The lowest BCUT2D eigenvalue weighted by Crippen LogP contribution is -2.51. The van der Waals surface area contributed by atoms with E-state index in [-0.39, 0.29) is 17.2 Å². The molecule has 0 spiro atoms. The van der Waals surface area contributed by atoms with Crippen molar-refractivity contribution in [2.75, 3.05) is 36.0 Å². The first kappa shape index (κ1) is 23.4. The lowest BCUT2D eigenvalue weighted by Gasteiger charge is -2.28. The van der Waals surface area contributed by atoms with Crippen LogP contribution < -0.4 is 20.7 Å². The number of fused-ring (bicyclic) bond motifs is 1. The van der Waals surface area contributed by atoms with Crippen LogP contribution in [0.25, 0.3) is 0 Å². The van der Waals surface area contributed by atoms with E-state index >= 15 is 0 Å². The van der Waals surface area contributed by atoms with Crippen molar-refractivity contribution >= 4 is 35.3 Å². The molecule has 2 heterocycles. The van der Waals surface area contributed by atoms with Gasteiger partial charge in [-0.05, 0) is 56.2 Å². The summed E-state index contributed by atoms with van der Waals surface area (Å²) in [5.41, 5.74) is 6.41. The molecule has 2 aliphatic heterocycles. The number of hydrogen-bond acceptors (Lipinski definition) is 7. The summed E-state index contributed by atoms with van der Waals surface area (Å²) in [6.07, 6.45) is 2.03. The van der Waals surface area contributed by atoms with Crippen LogP contribution in [0.2, 0.25) is 0 Å². The number of aliphatic carboxylic acids is 2. The van der Waals surface area contributed by atoms with E-state index in [1.165, 1.54) is 11.8 Å². The van der Waals surface area contributed by atoms with E-state index in [0.717, 1.165) is 43.0 Å². The Morgan fingerprint density at radius 3 is 2.65 bits per heavy atom. The Bertz CT molecular complexity index is 801. The van der Waals surface area contributed by atoms with E-state index in [1.807, 2.05) is 0 Å². The van der Waals surface area contributed by atoms with Crippen LogP contribution >= 0.6 is 11.8 Å². The summed E-state index contributed by atoms with van der Waals surface area (Å²) in [7, 11) is 0. The average Bonchev–Trinajstić information content (AvgIpc) is 2.83. The molecule has 1 aromatic carbocycles. The third-order valence-electron chi connectivity index (χ3n) is 5.79. The minimum Gasteiger partial charge on any atom is -0.481 e. The first-order chi connectivity index (χ1) is 14.9. The summed E-state index contributed by atoms with van der Waals surface area (Å²) in [5, 5.41) is 22.5. The first-order valence-corrected chi connectivity index (χ1v) is 11.6. The van der Waals surface area contributed by atoms with Crippen LogP contribution in [0.3, 0.4) is 0 Å². The topological polar surface area (TPSA) is 142 Å². The Morgan fingerprint density at radius 1 is 1.26 bits per heavy atom. The van der Waals surface area contributed by atoms with Gasteiger partial charge in [0.25, 0.3) is 0 Å². The number of carbonyl (C=O) groups is 3. The molecule has 0 saturated carbocycles. The van der Waals surface area contributed by atoms with E-state index in [0.29, 0.717) is 5.92 Å². The van der Waals surface area contributed by atoms with E-state index in [4.69, 9.17) is 10.5 Å². The Morgan fingerprint density at radius 2 is 1.97 bits per heavy atom. The van der Waals surface area contributed by atoms with Gasteiger partial charge in [0.1, 0.15) is 18.2 Å². The smallest absolute Gasteiger partial charge is 0.323 e. The molecule has 3 atom stereocenters. The number of nitrogens with zero attached hydrogens (tertiary/aromatic N) is 1. The fourth-order valence-electron chi connectivity index (χ4n) is 4.10. The Labute approximate surface area is 185 Å². The van der Waals surface area contributed by atoms with Crippen molar-refractivity contribution in [2.45, 2.75) is 25.5 Å². The Balaban J connectivity index is 1.74. The van der Waals surface area contributed by atoms with Crippen LogP contribution in [0.5, 0.6) is 5.75 Å². The van der Waals surface area contributed by atoms with Crippen molar-refractivity contribution in [1.29, 1.82) is 0 Å². The molecule has 1 saturated heterocycles. The third kappa shape index (κ3) is 5.90. The molecular weight excluding hydrogens is 422 g/mol. The van der Waals surface area contributed by atoms with E-state index in [9.17, 15) is 24.6 Å². The maximum Gasteiger partial charge on any atom is 0.323 e. The van der Waals surface area contributed by atoms with E-state index in [1.54, 1.807) is 24.3 Å². The van der Waals surface area contributed by atoms with Crippen molar-refractivity contribution in [3.05, 3.63) is 24.3 Å². The second kappa shape index (κ2) is 10.8. The average molecular weight is 452 g/mol. The van der Waals surface area contributed by atoms with Gasteiger partial charge in [-0.15, -0.1) is 0 Å². The van der Waals surface area contributed by atoms with Crippen LogP contribution in [0.4, 0.5) is 5.69 Å². The van der Waals surface area contributed by atoms with Gasteiger partial charge in [0.05, 0.1) is 11.6 Å². The predicted octanol–water partition coefficient (Wildman–Crippen LogP) is 1.22. The molecule has 2 aliphatic rings. The number of benzene rings is 1. The predicted molar refractivity (Wildman–Crippen MR) is 117 cm³/mol. The summed E-state index contributed by atoms with van der Waals surface area (Å²) in [5.74, 6) is -3.41. The molecule has 1 unspecified atom stereocenters. The van der Waals surface area contributed by atoms with Gasteiger partial charge in [-0.3, -0.25) is 25.0 Å². The van der Waals surface area contributed by atoms with Gasteiger partial charge >= 0.3 is 11.9 Å². The normalized spacial score (nSPS) is 22.9. The maximum absolute atomic E-state index is 13.3. The molecule has 3 rings (SSSR count). The number of thioether (sulfide) groups is 1. The SMILES string of the molecule is NC1Oc2ccccc2N(CC(=O)O)C(=O)[C@H]1[C@@H](CSCCC1CCNCC1)C(=O)O. The van der Waals surface area contributed by atoms with Crippen molar-refractivity contribution in [2.24, 2.45) is 23.5 Å². The van der Waals surface area contributed by atoms with E-state index < -0.39 is 42.5 Å². The maximum atomic E-state index is 13.3. The molecule has 170 valence electrons. The van der Waals surface area contributed by atoms with Gasteiger partial charge in [-0.1, -0.05) is 12.1 Å². The summed E-state index contributed by atoms with van der Waals surface area (Å²) in [6, 6.07) is 6.49. The van der Waals surface area contributed by atoms with Gasteiger partial charge in [-0.2, -0.15) is 11.8 Å². The van der Waals surface area contributed by atoms with Gasteiger partial charge in [0.15, 0.2) is 6.23 Å². The summed E-state index contributed by atoms with van der Waals surface area (Å²) in [6.45, 7) is 1.42. The standard InChI is InChI=1S/C21H29N3O6S/c22-19-18(14(21(28)29)12-31-10-7-13-5-8-23-9-6-13)20(27)24(11-17(25)26)15-3-1-2-4-16(15)30-19/h1-4,13-14,18-19,23H,5-12,22H2,(H,25,26)(H,28,29)/t14-,18+,19?/m1/s1. The molecule has 0 aromatic heterocycles. The second-order valence-electron chi connectivity index (χ2n) is 7.90. The number of anilines is 1. The molecule has 0 radical (unpaired) electrons. The third-order valence-corrected chi connectivity index (χ3v) is 6.91. The number of hydrogen-bond donors (Lipinski definition) is 4. The highest BCUT2D eigenvalue weighted by atomic mass is 32.2. The number of carboxylic acids is 2. The molecule has 0 bridgehead atoms. The number of carbonyl (C=O) groups excluding carboxylic acids is 1. The number of amides is 1. The minimum atomic E-state index is -1.21. The summed E-state index contributed by atoms with van der Waals surface area (Å²) in [4.78, 5) is 37.8. The fourth-order valence-corrected chi connectivity index (χ4v) is 5.37. The number of carboxylic acid groups (broad SMARTS) is 2. The van der Waals surface area contributed by atoms with Crippen LogP contribution in [0.15, 0.2) is 24.3 Å². The fraction of sp³-hybridized carbons (Fsp3) is 0.571. The lowest BCUT2D eigenvalue weighted by molar-refractivity contribution is -0.148. The Kier molecular flexibility index (Phi) is 8.16. The molecule has 0 aliphatic carbocycles. The van der Waals surface area contributed by atoms with Gasteiger partial charge in [0, 0.05) is 5.75 Å². The lowest BCUT2D eigenvalue weighted by atomic mass is 9.91. The van der Waals surface area contributed by atoms with Crippen LogP contribution in [0, 0.1) is 17.8 Å². The highest BCUT2D eigenvalue weighted by Crippen LogP contribution is 2.36. The molecule has 1 amide bonds. The quantitative estimate of drug-likeness (QED) is 0.408. The summed E-state index contributed by atoms with van der Waals surface area (Å²) >= 11 is 1.49. The molecule has 9 nitrogen and oxygen atoms in total. The van der Waals surface area contributed by atoms with Crippen molar-refractivity contribution in [1.82, 2.24) is 5.32 Å². The number of para-hydroxylation sites is 2. The Hall–Kier alpha value is -2.30. The van der Waals surface area contributed by atoms with Crippen molar-refractivity contribution in [3.8, 4) is 5.75 Å². The van der Waals surface area contributed by atoms with Gasteiger partial charge < -0.3 is 20.3 Å². The highest BCUT2D eigenvalue weighted by molar-refractivity contribution is 7.99. The number of nitrogens with two attached hydrogens (primary N) is 1. The molecule has 5 N–H and O–H groups in total. The largest absolute Gasteiger partial charge is 0.481 e. The number of piperidine rings is 1. The second-order valence-corrected chi connectivity index (χ2v) is 9.05. The molecule has 10 heteroatoms. The molecule has 31 heavy (non-hydrogen) atoms. The number of ether oxygens (including phenoxy) is 1. The van der Waals surface area contributed by atoms with Crippen LogP contribution in [-0.2, 0) is 14.4 Å². The number of nitrogens with one attached hydrogen (secondary N) is 1. The van der Waals surface area contributed by atoms with Crippen LogP contribution in [-0.4, -0.2) is 65.4 Å². The monoisotopic (exact) mass is 451 g/mol. The van der Waals surface area contributed by atoms with Crippen molar-refractivity contribution in [3.63, 3.8) is 0 Å². The highest BCUT2D eigenvalue weighted by Gasteiger charge is 2.45. The first-order valence-electron chi connectivity index (χ1n) is 10.4.